The van der Waals surface area contributed by atoms with Gasteiger partial charge in [-0.1, -0.05) is 0 Å². The first kappa shape index (κ1) is 30.5. The molecule has 0 aromatic heterocycles. The summed E-state index contributed by atoms with van der Waals surface area (Å²) in [7, 11) is 0. The highest BCUT2D eigenvalue weighted by Crippen LogP contribution is 2.13. The van der Waals surface area contributed by atoms with Crippen molar-refractivity contribution in [2.45, 2.75) is 117 Å². The Morgan fingerprint density at radius 2 is 0.875 bits per heavy atom. The third-order valence-electron chi connectivity index (χ3n) is 4.49. The molecule has 8 heteroatoms. The summed E-state index contributed by atoms with van der Waals surface area (Å²) < 4.78 is 10.6. The van der Waals surface area contributed by atoms with Gasteiger partial charge in [0.05, 0.1) is 0 Å². The molecule has 190 valence electrons. The summed E-state index contributed by atoms with van der Waals surface area (Å²) in [6, 6.07) is 0. The molecule has 0 aromatic carbocycles. The van der Waals surface area contributed by atoms with Crippen molar-refractivity contribution in [2.24, 2.45) is 0 Å². The predicted octanol–water partition coefficient (Wildman–Crippen LogP) is 4.33. The Balaban J connectivity index is 3.79. The average Bonchev–Trinajstić information content (AvgIpc) is 2.51. The molecule has 0 saturated heterocycles. The molecule has 0 atom stereocenters. The standard InChI is InChI=1S/C24H50N4O4/c1-21(2,3)31-19(29)27-23(7,8)13-17-25-15-11-12-16-26-18-14-24(9,10)28-20(30)32-22(4,5)6/h25-26H,11-18H2,1-10H3,(H,27,29)(H,28,30). The van der Waals surface area contributed by atoms with Crippen molar-refractivity contribution < 1.29 is 19.1 Å². The molecule has 0 aliphatic carbocycles. The van der Waals surface area contributed by atoms with Crippen LogP contribution in [0.25, 0.3) is 0 Å². The normalized spacial score (nSPS) is 12.9. The van der Waals surface area contributed by atoms with Crippen LogP contribution in [0.1, 0.15) is 94.9 Å². The van der Waals surface area contributed by atoms with Crippen LogP contribution in [0.5, 0.6) is 0 Å². The fourth-order valence-electron chi connectivity index (χ4n) is 2.84. The van der Waals surface area contributed by atoms with Gasteiger partial charge in [0.2, 0.25) is 0 Å². The molecule has 0 saturated carbocycles. The van der Waals surface area contributed by atoms with E-state index in [1.165, 1.54) is 0 Å². The molecule has 2 amide bonds. The molecule has 0 aromatic rings. The summed E-state index contributed by atoms with van der Waals surface area (Å²) in [5.41, 5.74) is -1.62. The molecular formula is C24H50N4O4. The van der Waals surface area contributed by atoms with Crippen LogP contribution >= 0.6 is 0 Å². The number of hydrogen-bond acceptors (Lipinski definition) is 6. The predicted molar refractivity (Wildman–Crippen MR) is 131 cm³/mol. The number of unbranched alkanes of at least 4 members (excludes halogenated alkanes) is 1. The van der Waals surface area contributed by atoms with E-state index in [4.69, 9.17) is 9.47 Å². The first-order valence-electron chi connectivity index (χ1n) is 11.8. The highest BCUT2D eigenvalue weighted by atomic mass is 16.6. The van der Waals surface area contributed by atoms with Crippen molar-refractivity contribution in [3.8, 4) is 0 Å². The van der Waals surface area contributed by atoms with Gasteiger partial charge < -0.3 is 30.7 Å². The fraction of sp³-hybridized carbons (Fsp3) is 0.917. The van der Waals surface area contributed by atoms with Crippen molar-refractivity contribution in [1.82, 2.24) is 21.3 Å². The van der Waals surface area contributed by atoms with E-state index in [1.807, 2.05) is 69.2 Å². The van der Waals surface area contributed by atoms with E-state index in [0.717, 1.165) is 51.9 Å². The highest BCUT2D eigenvalue weighted by Gasteiger charge is 2.25. The summed E-state index contributed by atoms with van der Waals surface area (Å²) in [6.45, 7) is 22.7. The lowest BCUT2D eigenvalue weighted by Crippen LogP contribution is -2.47. The van der Waals surface area contributed by atoms with Crippen LogP contribution in [0.4, 0.5) is 9.59 Å². The Kier molecular flexibility index (Phi) is 12.6. The molecular weight excluding hydrogens is 408 g/mol. The van der Waals surface area contributed by atoms with Crippen LogP contribution in [0.2, 0.25) is 0 Å². The van der Waals surface area contributed by atoms with Gasteiger partial charge in [-0.15, -0.1) is 0 Å². The molecule has 0 rings (SSSR count). The van der Waals surface area contributed by atoms with Crippen LogP contribution in [-0.4, -0.2) is 60.6 Å². The van der Waals surface area contributed by atoms with E-state index in [1.54, 1.807) is 0 Å². The third kappa shape index (κ3) is 19.2. The van der Waals surface area contributed by atoms with E-state index < -0.39 is 11.2 Å². The maximum absolute atomic E-state index is 11.9. The lowest BCUT2D eigenvalue weighted by atomic mass is 10.0. The molecule has 0 radical (unpaired) electrons. The summed E-state index contributed by atoms with van der Waals surface area (Å²) in [4.78, 5) is 23.8. The van der Waals surface area contributed by atoms with Gasteiger partial charge in [0.25, 0.3) is 0 Å². The summed E-state index contributed by atoms with van der Waals surface area (Å²) in [5, 5.41) is 12.7. The molecule has 4 N–H and O–H groups in total. The number of carbonyl (C=O) groups excluding carboxylic acids is 2. The highest BCUT2D eigenvalue weighted by molar-refractivity contribution is 5.69. The maximum atomic E-state index is 11.9. The number of ether oxygens (including phenoxy) is 2. The van der Waals surface area contributed by atoms with Crippen LogP contribution in [-0.2, 0) is 9.47 Å². The zero-order chi connectivity index (χ0) is 25.1. The molecule has 8 nitrogen and oxygen atoms in total. The number of amides is 2. The molecule has 0 bridgehead atoms. The Labute approximate surface area is 196 Å². The van der Waals surface area contributed by atoms with Crippen molar-refractivity contribution in [2.75, 3.05) is 26.2 Å². The number of hydrogen-bond donors (Lipinski definition) is 4. The molecule has 0 fully saturated rings. The molecule has 0 aliphatic rings. The first-order valence-corrected chi connectivity index (χ1v) is 11.8. The second-order valence-electron chi connectivity index (χ2n) is 11.7. The van der Waals surface area contributed by atoms with Crippen LogP contribution in [0.3, 0.4) is 0 Å². The van der Waals surface area contributed by atoms with E-state index in [-0.39, 0.29) is 23.3 Å². The van der Waals surface area contributed by atoms with Gasteiger partial charge in [-0.3, -0.25) is 0 Å². The van der Waals surface area contributed by atoms with Crippen LogP contribution < -0.4 is 21.3 Å². The van der Waals surface area contributed by atoms with Crippen molar-refractivity contribution in [3.63, 3.8) is 0 Å². The molecule has 32 heavy (non-hydrogen) atoms. The van der Waals surface area contributed by atoms with Gasteiger partial charge >= 0.3 is 12.2 Å². The van der Waals surface area contributed by atoms with Gasteiger partial charge in [-0.05, 0) is 121 Å². The first-order chi connectivity index (χ1) is 14.4. The SMILES string of the molecule is CC(C)(CCNCCCCNCCC(C)(C)NC(=O)OC(C)(C)C)NC(=O)OC(C)(C)C. The van der Waals surface area contributed by atoms with Crippen LogP contribution in [0.15, 0.2) is 0 Å². The van der Waals surface area contributed by atoms with E-state index >= 15 is 0 Å². The third-order valence-corrected chi connectivity index (χ3v) is 4.49. The van der Waals surface area contributed by atoms with Gasteiger partial charge in [0, 0.05) is 11.1 Å². The van der Waals surface area contributed by atoms with Gasteiger partial charge in [0.15, 0.2) is 0 Å². The summed E-state index contributed by atoms with van der Waals surface area (Å²) in [6.07, 6.45) is 3.05. The molecule has 0 spiro atoms. The second-order valence-corrected chi connectivity index (χ2v) is 11.7. The Morgan fingerprint density at radius 3 is 1.16 bits per heavy atom. The summed E-state index contributed by atoms with van der Waals surface area (Å²) in [5.74, 6) is 0. The Morgan fingerprint density at radius 1 is 0.562 bits per heavy atom. The van der Waals surface area contributed by atoms with E-state index in [2.05, 4.69) is 21.3 Å². The largest absolute Gasteiger partial charge is 0.444 e. The van der Waals surface area contributed by atoms with Gasteiger partial charge in [-0.2, -0.15) is 0 Å². The average molecular weight is 459 g/mol. The number of carbonyl (C=O) groups is 2. The lowest BCUT2D eigenvalue weighted by molar-refractivity contribution is 0.0455. The van der Waals surface area contributed by atoms with Gasteiger partial charge in [0.1, 0.15) is 11.2 Å². The van der Waals surface area contributed by atoms with Crippen molar-refractivity contribution in [1.29, 1.82) is 0 Å². The van der Waals surface area contributed by atoms with Gasteiger partial charge in [-0.25, -0.2) is 9.59 Å². The van der Waals surface area contributed by atoms with E-state index in [9.17, 15) is 9.59 Å². The Bertz CT molecular complexity index is 513. The van der Waals surface area contributed by atoms with E-state index in [0.29, 0.717) is 0 Å². The minimum absolute atomic E-state index is 0.322. The lowest BCUT2D eigenvalue weighted by Gasteiger charge is -2.29. The van der Waals surface area contributed by atoms with Crippen LogP contribution in [0, 0.1) is 0 Å². The topological polar surface area (TPSA) is 101 Å². The minimum atomic E-state index is -0.489. The molecule has 0 unspecified atom stereocenters. The molecule has 0 aliphatic heterocycles. The minimum Gasteiger partial charge on any atom is -0.444 e. The maximum Gasteiger partial charge on any atom is 0.408 e. The monoisotopic (exact) mass is 458 g/mol. The fourth-order valence-corrected chi connectivity index (χ4v) is 2.84. The quantitative estimate of drug-likeness (QED) is 0.307. The number of rotatable bonds is 13. The molecule has 0 heterocycles. The smallest absolute Gasteiger partial charge is 0.408 e. The zero-order valence-corrected chi connectivity index (χ0v) is 22.3. The summed E-state index contributed by atoms with van der Waals surface area (Å²) >= 11 is 0. The van der Waals surface area contributed by atoms with Crippen molar-refractivity contribution >= 4 is 12.2 Å². The number of nitrogens with one attached hydrogen (secondary N) is 4. The van der Waals surface area contributed by atoms with Crippen molar-refractivity contribution in [3.05, 3.63) is 0 Å². The zero-order valence-electron chi connectivity index (χ0n) is 22.3. The number of alkyl carbamates (subject to hydrolysis) is 2. The Hall–Kier alpha value is -1.54. The second kappa shape index (κ2) is 13.2.